The molecule has 3 rings (SSSR count). The molecule has 1 atom stereocenters. The highest BCUT2D eigenvalue weighted by Gasteiger charge is 2.27. The lowest BCUT2D eigenvalue weighted by Crippen LogP contribution is -2.42. The number of hydrogen-bond donors (Lipinski definition) is 2. The minimum absolute atomic E-state index is 0.128. The van der Waals surface area contributed by atoms with Crippen molar-refractivity contribution in [2.24, 2.45) is 10.9 Å². The van der Waals surface area contributed by atoms with Crippen LogP contribution in [0.2, 0.25) is 0 Å². The van der Waals surface area contributed by atoms with Crippen LogP contribution in [0.15, 0.2) is 53.5 Å². The number of amides is 2. The Hall–Kier alpha value is -3.15. The number of rotatable bonds is 5. The highest BCUT2D eigenvalue weighted by molar-refractivity contribution is 6.12. The van der Waals surface area contributed by atoms with Gasteiger partial charge in [0.05, 0.1) is 5.69 Å². The molecule has 6 nitrogen and oxygen atoms in total. The van der Waals surface area contributed by atoms with Crippen LogP contribution in [0.25, 0.3) is 0 Å². The molecule has 0 saturated heterocycles. The molecule has 0 radical (unpaired) electrons. The number of ether oxygens (including phenoxy) is 1. The van der Waals surface area contributed by atoms with Gasteiger partial charge in [-0.05, 0) is 30.4 Å². The van der Waals surface area contributed by atoms with E-state index in [4.69, 9.17) is 4.74 Å². The number of carbonyl (C=O) groups excluding carboxylic acids is 2. The summed E-state index contributed by atoms with van der Waals surface area (Å²) in [5, 5.41) is 5.48. The SMILES string of the molecule is Cc1cccc2c1NC(=O)C(NC(=O)OCc1ccccc1)N=C2CC(C)C. The molecule has 0 fully saturated rings. The standard InChI is InChI=1S/C22H25N3O3/c1-14(2)12-18-17-11-7-8-15(3)19(17)24-21(26)20(23-18)25-22(27)28-13-16-9-5-4-6-10-16/h4-11,14,20H,12-13H2,1-3H3,(H,24,26)(H,25,27). The van der Waals surface area contributed by atoms with E-state index in [0.29, 0.717) is 12.3 Å². The van der Waals surface area contributed by atoms with E-state index >= 15 is 0 Å². The van der Waals surface area contributed by atoms with E-state index < -0.39 is 12.3 Å². The predicted molar refractivity (Wildman–Crippen MR) is 109 cm³/mol. The molecule has 1 unspecified atom stereocenters. The van der Waals surface area contributed by atoms with Crippen molar-refractivity contribution in [3.8, 4) is 0 Å². The number of nitrogens with zero attached hydrogens (tertiary/aromatic N) is 1. The summed E-state index contributed by atoms with van der Waals surface area (Å²) in [4.78, 5) is 29.5. The first-order valence-electron chi connectivity index (χ1n) is 9.38. The fourth-order valence-corrected chi connectivity index (χ4v) is 3.07. The quantitative estimate of drug-likeness (QED) is 0.823. The first kappa shape index (κ1) is 19.6. The second kappa shape index (κ2) is 8.69. The highest BCUT2D eigenvalue weighted by atomic mass is 16.5. The van der Waals surface area contributed by atoms with Gasteiger partial charge in [0.15, 0.2) is 0 Å². The van der Waals surface area contributed by atoms with Gasteiger partial charge in [0.2, 0.25) is 6.17 Å². The van der Waals surface area contributed by atoms with Gasteiger partial charge in [-0.1, -0.05) is 62.4 Å². The number of nitrogens with one attached hydrogen (secondary N) is 2. The second-order valence-corrected chi connectivity index (χ2v) is 7.27. The van der Waals surface area contributed by atoms with Crippen LogP contribution in [0.4, 0.5) is 10.5 Å². The van der Waals surface area contributed by atoms with Crippen molar-refractivity contribution in [1.29, 1.82) is 0 Å². The average Bonchev–Trinajstić information content (AvgIpc) is 2.79. The number of benzene rings is 2. The van der Waals surface area contributed by atoms with Crippen molar-refractivity contribution in [2.75, 3.05) is 5.32 Å². The van der Waals surface area contributed by atoms with Gasteiger partial charge < -0.3 is 10.1 Å². The molecule has 1 heterocycles. The van der Waals surface area contributed by atoms with E-state index in [1.165, 1.54) is 0 Å². The summed E-state index contributed by atoms with van der Waals surface area (Å²) >= 11 is 0. The average molecular weight is 379 g/mol. The molecule has 146 valence electrons. The topological polar surface area (TPSA) is 79.8 Å². The van der Waals surface area contributed by atoms with Gasteiger partial charge in [-0.2, -0.15) is 0 Å². The van der Waals surface area contributed by atoms with E-state index in [-0.39, 0.29) is 12.5 Å². The molecule has 2 amide bonds. The number of hydrogen-bond acceptors (Lipinski definition) is 4. The zero-order chi connectivity index (χ0) is 20.1. The van der Waals surface area contributed by atoms with Gasteiger partial charge in [0.25, 0.3) is 5.91 Å². The van der Waals surface area contributed by atoms with Crippen LogP contribution < -0.4 is 10.6 Å². The number of anilines is 1. The van der Waals surface area contributed by atoms with Gasteiger partial charge in [-0.15, -0.1) is 0 Å². The maximum absolute atomic E-state index is 12.7. The lowest BCUT2D eigenvalue weighted by molar-refractivity contribution is -0.117. The Bertz CT molecular complexity index is 891. The fraction of sp³-hybridized carbons (Fsp3) is 0.318. The van der Waals surface area contributed by atoms with Crippen LogP contribution >= 0.6 is 0 Å². The van der Waals surface area contributed by atoms with Gasteiger partial charge in [-0.3, -0.25) is 15.1 Å². The molecule has 0 spiro atoms. The maximum Gasteiger partial charge on any atom is 0.409 e. The van der Waals surface area contributed by atoms with Crippen LogP contribution in [0, 0.1) is 12.8 Å². The molecule has 2 aromatic carbocycles. The summed E-state index contributed by atoms with van der Waals surface area (Å²) in [5.74, 6) is -0.0306. The monoisotopic (exact) mass is 379 g/mol. The van der Waals surface area contributed by atoms with Crippen LogP contribution in [0.3, 0.4) is 0 Å². The molecule has 0 bridgehead atoms. The first-order valence-corrected chi connectivity index (χ1v) is 9.38. The van der Waals surface area contributed by atoms with Crippen LogP contribution in [-0.2, 0) is 16.1 Å². The van der Waals surface area contributed by atoms with Crippen LogP contribution in [0.5, 0.6) is 0 Å². The number of para-hydroxylation sites is 1. The molecule has 1 aliphatic heterocycles. The Labute approximate surface area is 165 Å². The fourth-order valence-electron chi connectivity index (χ4n) is 3.07. The minimum Gasteiger partial charge on any atom is -0.445 e. The van der Waals surface area contributed by atoms with Gasteiger partial charge in [-0.25, -0.2) is 4.79 Å². The Morgan fingerprint density at radius 2 is 1.93 bits per heavy atom. The number of aliphatic imine (C=N–C) groups is 1. The van der Waals surface area contributed by atoms with Gasteiger partial charge >= 0.3 is 6.09 Å². The molecule has 2 N–H and O–H groups in total. The van der Waals surface area contributed by atoms with E-state index in [9.17, 15) is 9.59 Å². The Balaban J connectivity index is 1.78. The van der Waals surface area contributed by atoms with Gasteiger partial charge in [0.1, 0.15) is 6.61 Å². The van der Waals surface area contributed by atoms with E-state index in [1.54, 1.807) is 0 Å². The number of aryl methyl sites for hydroxylation is 1. The van der Waals surface area contributed by atoms with Gasteiger partial charge in [0, 0.05) is 11.3 Å². The van der Waals surface area contributed by atoms with Crippen molar-refractivity contribution < 1.29 is 14.3 Å². The van der Waals surface area contributed by atoms with Crippen molar-refractivity contribution in [2.45, 2.75) is 40.0 Å². The van der Waals surface area contributed by atoms with Crippen LogP contribution in [-0.4, -0.2) is 23.9 Å². The first-order chi connectivity index (χ1) is 13.4. The Morgan fingerprint density at radius 3 is 2.64 bits per heavy atom. The number of benzodiazepines with no additional fused rings is 1. The van der Waals surface area contributed by atoms with Crippen molar-refractivity contribution >= 4 is 23.4 Å². The number of alkyl carbamates (subject to hydrolysis) is 1. The second-order valence-electron chi connectivity index (χ2n) is 7.27. The Kier molecular flexibility index (Phi) is 6.09. The van der Waals surface area contributed by atoms with E-state index in [2.05, 4.69) is 29.5 Å². The summed E-state index contributed by atoms with van der Waals surface area (Å²) in [6.45, 7) is 6.25. The van der Waals surface area contributed by atoms with Crippen molar-refractivity contribution in [1.82, 2.24) is 5.32 Å². The third kappa shape index (κ3) is 4.76. The third-order valence-corrected chi connectivity index (χ3v) is 4.43. The summed E-state index contributed by atoms with van der Waals surface area (Å²) in [6, 6.07) is 15.2. The molecule has 2 aromatic rings. The van der Waals surface area contributed by atoms with E-state index in [0.717, 1.165) is 28.1 Å². The van der Waals surface area contributed by atoms with Crippen molar-refractivity contribution in [3.63, 3.8) is 0 Å². The molecular formula is C22H25N3O3. The zero-order valence-corrected chi connectivity index (χ0v) is 16.4. The molecule has 28 heavy (non-hydrogen) atoms. The normalized spacial score (nSPS) is 15.9. The molecule has 0 aliphatic carbocycles. The van der Waals surface area contributed by atoms with Crippen molar-refractivity contribution in [3.05, 3.63) is 65.2 Å². The lowest BCUT2D eigenvalue weighted by Gasteiger charge is -2.14. The predicted octanol–water partition coefficient (Wildman–Crippen LogP) is 4.03. The maximum atomic E-state index is 12.7. The summed E-state index contributed by atoms with van der Waals surface area (Å²) in [7, 11) is 0. The Morgan fingerprint density at radius 1 is 1.18 bits per heavy atom. The lowest BCUT2D eigenvalue weighted by atomic mass is 9.97. The minimum atomic E-state index is -1.04. The third-order valence-electron chi connectivity index (χ3n) is 4.43. The zero-order valence-electron chi connectivity index (χ0n) is 16.4. The summed E-state index contributed by atoms with van der Waals surface area (Å²) in [5.41, 5.74) is 4.25. The summed E-state index contributed by atoms with van der Waals surface area (Å²) in [6.07, 6.45) is -1.02. The molecular weight excluding hydrogens is 354 g/mol. The molecule has 0 aromatic heterocycles. The van der Waals surface area contributed by atoms with Crippen LogP contribution in [0.1, 0.15) is 37.0 Å². The highest BCUT2D eigenvalue weighted by Crippen LogP contribution is 2.26. The number of carbonyl (C=O) groups is 2. The molecule has 1 aliphatic rings. The molecule has 6 heteroatoms. The molecule has 0 saturated carbocycles. The largest absolute Gasteiger partial charge is 0.445 e. The smallest absolute Gasteiger partial charge is 0.409 e. The van der Waals surface area contributed by atoms with E-state index in [1.807, 2.05) is 55.5 Å². The summed E-state index contributed by atoms with van der Waals surface area (Å²) < 4.78 is 5.24. The number of fused-ring (bicyclic) bond motifs is 1.